The fraction of sp³-hybridized carbons (Fsp3) is 0.174. The number of rotatable bonds is 3. The molecule has 0 saturated carbocycles. The first-order valence-corrected chi connectivity index (χ1v) is 11.7. The summed E-state index contributed by atoms with van der Waals surface area (Å²) in [4.78, 5) is 19.7. The topological polar surface area (TPSA) is 66.5 Å². The third-order valence-corrected chi connectivity index (χ3v) is 6.78. The Balaban J connectivity index is 1.31. The molecule has 1 aliphatic rings. The molecule has 3 aromatic carbocycles. The molecule has 32 heavy (non-hydrogen) atoms. The smallest absolute Gasteiger partial charge is 0.258 e. The number of hydrogen-bond donors (Lipinski definition) is 2. The van der Waals surface area contributed by atoms with Gasteiger partial charge in [-0.25, -0.2) is 4.98 Å². The number of carbonyl (C=O) groups excluding carboxylic acids is 1. The molecule has 5 rings (SSSR count). The monoisotopic (exact) mass is 482 g/mol. The lowest BCUT2D eigenvalue weighted by Crippen LogP contribution is -2.36. The maximum atomic E-state index is 12.8. The predicted octanol–water partition coefficient (Wildman–Crippen LogP) is 5.07. The van der Waals surface area contributed by atoms with Gasteiger partial charge in [0.2, 0.25) is 0 Å². The van der Waals surface area contributed by atoms with E-state index >= 15 is 0 Å². The minimum atomic E-state index is -0.300. The summed E-state index contributed by atoms with van der Waals surface area (Å²) in [5.41, 5.74) is 2.54. The van der Waals surface area contributed by atoms with Crippen molar-refractivity contribution in [2.24, 2.45) is 0 Å². The van der Waals surface area contributed by atoms with Gasteiger partial charge in [-0.05, 0) is 47.9 Å². The van der Waals surface area contributed by atoms with Crippen LogP contribution in [0.2, 0.25) is 5.02 Å². The second-order valence-electron chi connectivity index (χ2n) is 7.32. The lowest BCUT2D eigenvalue weighted by atomic mass is 10.0. The standard InChI is InChI=1S/C23H19ClN4O2S2/c24-18-6-2-3-15-16(18)4-1-5-17(15)21(29)26-22(31)27-23-25-19-8-7-14(13-20(19)32-23)28-9-11-30-12-10-28/h1-8,13H,9-12H2,(H2,25,26,27,29,31). The highest BCUT2D eigenvalue weighted by Gasteiger charge is 2.15. The van der Waals surface area contributed by atoms with E-state index < -0.39 is 0 Å². The Kier molecular flexibility index (Phi) is 5.93. The number of anilines is 2. The summed E-state index contributed by atoms with van der Waals surface area (Å²) in [7, 11) is 0. The van der Waals surface area contributed by atoms with E-state index in [2.05, 4.69) is 32.7 Å². The number of ether oxygens (including phenoxy) is 1. The Morgan fingerprint density at radius 3 is 2.72 bits per heavy atom. The number of aromatic nitrogens is 1. The Labute approximate surface area is 199 Å². The number of hydrogen-bond acceptors (Lipinski definition) is 6. The SMILES string of the molecule is O=C(NC(=S)Nc1nc2ccc(N3CCOCC3)cc2s1)c1cccc2c(Cl)cccc12. The molecule has 0 radical (unpaired) electrons. The molecule has 1 saturated heterocycles. The van der Waals surface area contributed by atoms with E-state index in [1.165, 1.54) is 11.3 Å². The largest absolute Gasteiger partial charge is 0.378 e. The van der Waals surface area contributed by atoms with Crippen LogP contribution in [0.1, 0.15) is 10.4 Å². The van der Waals surface area contributed by atoms with E-state index in [0.717, 1.165) is 53.0 Å². The number of morpholine rings is 1. The van der Waals surface area contributed by atoms with E-state index in [0.29, 0.717) is 15.7 Å². The number of nitrogens with zero attached hydrogens (tertiary/aromatic N) is 2. The molecule has 162 valence electrons. The van der Waals surface area contributed by atoms with E-state index in [4.69, 9.17) is 28.6 Å². The molecule has 1 aromatic heterocycles. The summed E-state index contributed by atoms with van der Waals surface area (Å²) < 4.78 is 6.48. The molecule has 2 heterocycles. The van der Waals surface area contributed by atoms with Crippen LogP contribution < -0.4 is 15.5 Å². The number of thiocarbonyl (C=S) groups is 1. The quantitative estimate of drug-likeness (QED) is 0.397. The molecule has 0 aliphatic carbocycles. The third kappa shape index (κ3) is 4.27. The summed E-state index contributed by atoms with van der Waals surface area (Å²) in [6.07, 6.45) is 0. The van der Waals surface area contributed by atoms with E-state index in [1.54, 1.807) is 18.2 Å². The number of carbonyl (C=O) groups is 1. The maximum Gasteiger partial charge on any atom is 0.258 e. The molecule has 0 atom stereocenters. The minimum absolute atomic E-state index is 0.196. The van der Waals surface area contributed by atoms with Crippen molar-refractivity contribution in [2.45, 2.75) is 0 Å². The molecule has 6 nitrogen and oxygen atoms in total. The molecular formula is C23H19ClN4O2S2. The average Bonchev–Trinajstić information content (AvgIpc) is 3.20. The minimum Gasteiger partial charge on any atom is -0.378 e. The van der Waals surface area contributed by atoms with Crippen LogP contribution in [-0.2, 0) is 4.74 Å². The number of benzene rings is 3. The van der Waals surface area contributed by atoms with Gasteiger partial charge >= 0.3 is 0 Å². The van der Waals surface area contributed by atoms with Gasteiger partial charge in [0.25, 0.3) is 5.91 Å². The second kappa shape index (κ2) is 8.99. The van der Waals surface area contributed by atoms with Gasteiger partial charge < -0.3 is 15.0 Å². The van der Waals surface area contributed by atoms with Crippen LogP contribution in [0.25, 0.3) is 21.0 Å². The highest BCUT2D eigenvalue weighted by Crippen LogP contribution is 2.30. The highest BCUT2D eigenvalue weighted by molar-refractivity contribution is 7.80. The molecule has 1 aliphatic heterocycles. The summed E-state index contributed by atoms with van der Waals surface area (Å²) in [6, 6.07) is 17.1. The zero-order valence-electron chi connectivity index (χ0n) is 16.9. The van der Waals surface area contributed by atoms with E-state index in [-0.39, 0.29) is 11.0 Å². The number of fused-ring (bicyclic) bond motifs is 2. The molecule has 4 aromatic rings. The molecule has 0 unspecified atom stereocenters. The molecule has 1 fully saturated rings. The van der Waals surface area contributed by atoms with Crippen LogP contribution in [0.3, 0.4) is 0 Å². The van der Waals surface area contributed by atoms with Crippen molar-refractivity contribution in [2.75, 3.05) is 36.5 Å². The first-order valence-electron chi connectivity index (χ1n) is 10.1. The molecule has 0 bridgehead atoms. The van der Waals surface area contributed by atoms with Crippen molar-refractivity contribution >= 4 is 78.0 Å². The van der Waals surface area contributed by atoms with Crippen LogP contribution in [0.15, 0.2) is 54.6 Å². The van der Waals surface area contributed by atoms with Crippen LogP contribution >= 0.6 is 35.2 Å². The zero-order chi connectivity index (χ0) is 22.1. The van der Waals surface area contributed by atoms with Crippen LogP contribution in [0, 0.1) is 0 Å². The fourth-order valence-electron chi connectivity index (χ4n) is 3.75. The van der Waals surface area contributed by atoms with Gasteiger partial charge in [-0.15, -0.1) is 0 Å². The highest BCUT2D eigenvalue weighted by atomic mass is 35.5. The third-order valence-electron chi connectivity index (χ3n) is 5.31. The first kappa shape index (κ1) is 21.1. The van der Waals surface area contributed by atoms with Crippen molar-refractivity contribution in [3.05, 3.63) is 65.2 Å². The molecule has 1 amide bonds. The Morgan fingerprint density at radius 2 is 1.88 bits per heavy atom. The van der Waals surface area contributed by atoms with Crippen LogP contribution in [-0.4, -0.2) is 42.3 Å². The number of nitrogens with one attached hydrogen (secondary N) is 2. The lowest BCUT2D eigenvalue weighted by molar-refractivity contribution is 0.0979. The number of thiazole rings is 1. The van der Waals surface area contributed by atoms with Crippen molar-refractivity contribution in [3.63, 3.8) is 0 Å². The van der Waals surface area contributed by atoms with Gasteiger partial charge in [0.15, 0.2) is 10.2 Å². The summed E-state index contributed by atoms with van der Waals surface area (Å²) in [5.74, 6) is -0.300. The van der Waals surface area contributed by atoms with E-state index in [1.807, 2.05) is 24.3 Å². The van der Waals surface area contributed by atoms with Gasteiger partial charge in [0.05, 0.1) is 23.4 Å². The van der Waals surface area contributed by atoms with Gasteiger partial charge in [-0.2, -0.15) is 0 Å². The number of halogens is 1. The average molecular weight is 483 g/mol. The Bertz CT molecular complexity index is 1330. The van der Waals surface area contributed by atoms with Crippen molar-refractivity contribution < 1.29 is 9.53 Å². The summed E-state index contributed by atoms with van der Waals surface area (Å²) in [5, 5.41) is 8.81. The fourth-order valence-corrected chi connectivity index (χ4v) is 5.15. The zero-order valence-corrected chi connectivity index (χ0v) is 19.3. The van der Waals surface area contributed by atoms with Crippen LogP contribution in [0.4, 0.5) is 10.8 Å². The molecule has 0 spiro atoms. The normalized spacial score (nSPS) is 14.0. The van der Waals surface area contributed by atoms with Crippen LogP contribution in [0.5, 0.6) is 0 Å². The lowest BCUT2D eigenvalue weighted by Gasteiger charge is -2.28. The maximum absolute atomic E-state index is 12.8. The van der Waals surface area contributed by atoms with Gasteiger partial charge in [-0.1, -0.05) is 47.2 Å². The van der Waals surface area contributed by atoms with Crippen molar-refractivity contribution in [1.29, 1.82) is 0 Å². The molecular weight excluding hydrogens is 464 g/mol. The Morgan fingerprint density at radius 1 is 1.09 bits per heavy atom. The van der Waals surface area contributed by atoms with Gasteiger partial charge in [0, 0.05) is 34.7 Å². The number of amides is 1. The van der Waals surface area contributed by atoms with Crippen molar-refractivity contribution in [3.8, 4) is 0 Å². The summed E-state index contributed by atoms with van der Waals surface area (Å²) in [6.45, 7) is 3.24. The van der Waals surface area contributed by atoms with Crippen molar-refractivity contribution in [1.82, 2.24) is 10.3 Å². The summed E-state index contributed by atoms with van der Waals surface area (Å²) >= 11 is 13.1. The van der Waals surface area contributed by atoms with Gasteiger partial charge in [0.1, 0.15) is 0 Å². The first-order chi connectivity index (χ1) is 15.6. The predicted molar refractivity (Wildman–Crippen MR) is 135 cm³/mol. The second-order valence-corrected chi connectivity index (χ2v) is 9.17. The molecule has 2 N–H and O–H groups in total. The van der Waals surface area contributed by atoms with E-state index in [9.17, 15) is 4.79 Å². The Hall–Kier alpha value is -2.78. The van der Waals surface area contributed by atoms with Gasteiger partial charge in [-0.3, -0.25) is 10.1 Å². The molecule has 9 heteroatoms.